The van der Waals surface area contributed by atoms with Gasteiger partial charge in [0.2, 0.25) is 11.1 Å². The molecule has 0 bridgehead atoms. The van der Waals surface area contributed by atoms with Gasteiger partial charge >= 0.3 is 0 Å². The van der Waals surface area contributed by atoms with Crippen LogP contribution in [-0.2, 0) is 17.8 Å². The molecule has 0 aliphatic carbocycles. The highest BCUT2D eigenvalue weighted by molar-refractivity contribution is 7.99. The fraction of sp³-hybridized carbons (Fsp3) is 0.261. The fourth-order valence-electron chi connectivity index (χ4n) is 3.39. The van der Waals surface area contributed by atoms with Crippen LogP contribution < -0.4 is 5.32 Å². The largest absolute Gasteiger partial charge is 0.310 e. The molecule has 0 radical (unpaired) electrons. The Morgan fingerprint density at radius 1 is 1.06 bits per heavy atom. The van der Waals surface area contributed by atoms with E-state index >= 15 is 0 Å². The molecule has 9 heteroatoms. The quantitative estimate of drug-likeness (QED) is 0.392. The van der Waals surface area contributed by atoms with E-state index in [9.17, 15) is 4.79 Å². The molecule has 0 saturated carbocycles. The maximum Gasteiger partial charge on any atom is 0.235 e. The van der Waals surface area contributed by atoms with Gasteiger partial charge in [-0.05, 0) is 59.9 Å². The number of rotatable bonds is 9. The second-order valence-corrected chi connectivity index (χ2v) is 8.40. The number of nitrogens with one attached hydrogen (secondary N) is 1. The SMILES string of the molecule is Cc1cccc(-n2nnnc2SCC(=O)Nc2ccnn2CCCc2ccccc2)c1C. The van der Waals surface area contributed by atoms with E-state index in [1.165, 1.54) is 17.3 Å². The first-order valence-electron chi connectivity index (χ1n) is 10.4. The molecule has 32 heavy (non-hydrogen) atoms. The zero-order valence-electron chi connectivity index (χ0n) is 18.1. The van der Waals surface area contributed by atoms with Crippen molar-refractivity contribution in [3.63, 3.8) is 0 Å². The van der Waals surface area contributed by atoms with Crippen molar-refractivity contribution in [2.45, 2.75) is 38.4 Å². The van der Waals surface area contributed by atoms with Crippen molar-refractivity contribution in [3.8, 4) is 5.69 Å². The monoisotopic (exact) mass is 447 g/mol. The third kappa shape index (κ3) is 5.23. The van der Waals surface area contributed by atoms with Crippen LogP contribution in [0.2, 0.25) is 0 Å². The Bertz CT molecular complexity index is 1190. The summed E-state index contributed by atoms with van der Waals surface area (Å²) in [7, 11) is 0. The maximum atomic E-state index is 12.6. The minimum atomic E-state index is -0.129. The first-order chi connectivity index (χ1) is 15.6. The summed E-state index contributed by atoms with van der Waals surface area (Å²) in [5.41, 5.74) is 4.47. The van der Waals surface area contributed by atoms with E-state index in [1.54, 1.807) is 10.9 Å². The van der Waals surface area contributed by atoms with Crippen LogP contribution in [-0.4, -0.2) is 41.6 Å². The topological polar surface area (TPSA) is 90.5 Å². The number of aromatic nitrogens is 6. The molecular formula is C23H25N7OS. The molecule has 1 amide bonds. The minimum absolute atomic E-state index is 0.129. The number of hydrogen-bond donors (Lipinski definition) is 1. The van der Waals surface area contributed by atoms with E-state index in [1.807, 2.05) is 61.0 Å². The maximum absolute atomic E-state index is 12.6. The van der Waals surface area contributed by atoms with Crippen molar-refractivity contribution in [1.29, 1.82) is 0 Å². The number of nitrogens with zero attached hydrogens (tertiary/aromatic N) is 6. The van der Waals surface area contributed by atoms with E-state index in [2.05, 4.69) is 38.1 Å². The van der Waals surface area contributed by atoms with Gasteiger partial charge in [-0.2, -0.15) is 9.78 Å². The van der Waals surface area contributed by atoms with Crippen LogP contribution >= 0.6 is 11.8 Å². The first-order valence-corrected chi connectivity index (χ1v) is 11.4. The Hall–Kier alpha value is -3.46. The molecule has 0 unspecified atom stereocenters. The molecule has 0 atom stereocenters. The standard InChI is InChI=1S/C23H25N7OS/c1-17-8-6-12-20(18(17)2)30-23(26-27-28-30)32-16-22(31)25-21-13-14-24-29(21)15-7-11-19-9-4-3-5-10-19/h3-6,8-10,12-14H,7,11,15-16H2,1-2H3,(H,25,31). The number of benzene rings is 2. The van der Waals surface area contributed by atoms with Crippen molar-refractivity contribution in [3.05, 3.63) is 77.5 Å². The van der Waals surface area contributed by atoms with Crippen LogP contribution in [0.5, 0.6) is 0 Å². The number of carbonyl (C=O) groups excluding carboxylic acids is 1. The average Bonchev–Trinajstić information content (AvgIpc) is 3.44. The minimum Gasteiger partial charge on any atom is -0.310 e. The summed E-state index contributed by atoms with van der Waals surface area (Å²) >= 11 is 1.30. The molecule has 4 aromatic rings. The summed E-state index contributed by atoms with van der Waals surface area (Å²) in [6.45, 7) is 4.81. The Labute approximate surface area is 191 Å². The highest BCUT2D eigenvalue weighted by Crippen LogP contribution is 2.22. The highest BCUT2D eigenvalue weighted by atomic mass is 32.2. The highest BCUT2D eigenvalue weighted by Gasteiger charge is 2.15. The molecule has 4 rings (SSSR count). The summed E-state index contributed by atoms with van der Waals surface area (Å²) in [5, 5.41) is 19.8. The van der Waals surface area contributed by atoms with Crippen molar-refractivity contribution >= 4 is 23.5 Å². The second-order valence-electron chi connectivity index (χ2n) is 7.46. The molecule has 2 heterocycles. The summed E-state index contributed by atoms with van der Waals surface area (Å²) in [6.07, 6.45) is 3.60. The predicted octanol–water partition coefficient (Wildman–Crippen LogP) is 3.84. The van der Waals surface area contributed by atoms with Gasteiger partial charge in [0.05, 0.1) is 17.6 Å². The molecule has 0 aliphatic rings. The number of aryl methyl sites for hydroxylation is 3. The van der Waals surface area contributed by atoms with Crippen molar-refractivity contribution in [2.24, 2.45) is 0 Å². The molecule has 2 aromatic carbocycles. The van der Waals surface area contributed by atoms with Crippen LogP contribution in [0.3, 0.4) is 0 Å². The van der Waals surface area contributed by atoms with Crippen LogP contribution in [0.25, 0.3) is 5.69 Å². The molecule has 1 N–H and O–H groups in total. The van der Waals surface area contributed by atoms with Gasteiger partial charge in [-0.1, -0.05) is 54.2 Å². The van der Waals surface area contributed by atoms with Crippen LogP contribution in [0.15, 0.2) is 66.0 Å². The second kappa shape index (κ2) is 10.2. The summed E-state index contributed by atoms with van der Waals surface area (Å²) in [5.74, 6) is 0.758. The van der Waals surface area contributed by atoms with E-state index in [-0.39, 0.29) is 11.7 Å². The Morgan fingerprint density at radius 3 is 2.75 bits per heavy atom. The lowest BCUT2D eigenvalue weighted by atomic mass is 10.1. The first kappa shape index (κ1) is 21.8. The molecule has 0 spiro atoms. The fourth-order valence-corrected chi connectivity index (χ4v) is 4.07. The summed E-state index contributed by atoms with van der Waals surface area (Å²) < 4.78 is 3.50. The van der Waals surface area contributed by atoms with Gasteiger partial charge in [-0.15, -0.1) is 5.10 Å². The van der Waals surface area contributed by atoms with Crippen molar-refractivity contribution in [1.82, 2.24) is 30.0 Å². The molecule has 164 valence electrons. The molecule has 0 saturated heterocycles. The lowest BCUT2D eigenvalue weighted by Gasteiger charge is -2.10. The third-order valence-corrected chi connectivity index (χ3v) is 6.16. The lowest BCUT2D eigenvalue weighted by Crippen LogP contribution is -2.18. The molecule has 2 aromatic heterocycles. The van der Waals surface area contributed by atoms with Crippen LogP contribution in [0.1, 0.15) is 23.1 Å². The van der Waals surface area contributed by atoms with Gasteiger partial charge in [0.1, 0.15) is 5.82 Å². The number of hydrogen-bond acceptors (Lipinski definition) is 6. The van der Waals surface area contributed by atoms with Gasteiger partial charge in [0.25, 0.3) is 0 Å². The third-order valence-electron chi connectivity index (χ3n) is 5.24. The van der Waals surface area contributed by atoms with Gasteiger partial charge < -0.3 is 5.32 Å². The Kier molecular flexibility index (Phi) is 6.96. The van der Waals surface area contributed by atoms with Crippen molar-refractivity contribution < 1.29 is 4.79 Å². The smallest absolute Gasteiger partial charge is 0.235 e. The summed E-state index contributed by atoms with van der Waals surface area (Å²) in [4.78, 5) is 12.6. The molecular weight excluding hydrogens is 422 g/mol. The van der Waals surface area contributed by atoms with Gasteiger partial charge in [-0.25, -0.2) is 4.68 Å². The average molecular weight is 448 g/mol. The van der Waals surface area contributed by atoms with Gasteiger partial charge in [-0.3, -0.25) is 4.79 Å². The van der Waals surface area contributed by atoms with E-state index < -0.39 is 0 Å². The number of thioether (sulfide) groups is 1. The van der Waals surface area contributed by atoms with E-state index in [0.717, 1.165) is 36.2 Å². The number of carbonyl (C=O) groups is 1. The lowest BCUT2D eigenvalue weighted by molar-refractivity contribution is -0.113. The molecule has 8 nitrogen and oxygen atoms in total. The van der Waals surface area contributed by atoms with Crippen LogP contribution in [0, 0.1) is 13.8 Å². The predicted molar refractivity (Wildman–Crippen MR) is 125 cm³/mol. The molecule has 0 fully saturated rings. The zero-order valence-corrected chi connectivity index (χ0v) is 18.9. The Morgan fingerprint density at radius 2 is 1.91 bits per heavy atom. The number of anilines is 1. The summed E-state index contributed by atoms with van der Waals surface area (Å²) in [6, 6.07) is 18.1. The Balaban J connectivity index is 1.33. The molecule has 0 aliphatic heterocycles. The van der Waals surface area contributed by atoms with Gasteiger partial charge in [0, 0.05) is 12.6 Å². The normalized spacial score (nSPS) is 10.9. The number of tetrazole rings is 1. The van der Waals surface area contributed by atoms with E-state index in [0.29, 0.717) is 11.0 Å². The zero-order chi connectivity index (χ0) is 22.3. The number of amides is 1. The van der Waals surface area contributed by atoms with Crippen LogP contribution in [0.4, 0.5) is 5.82 Å². The van der Waals surface area contributed by atoms with Crippen molar-refractivity contribution in [2.75, 3.05) is 11.1 Å². The van der Waals surface area contributed by atoms with Gasteiger partial charge in [0.15, 0.2) is 0 Å². The van der Waals surface area contributed by atoms with E-state index in [4.69, 9.17) is 0 Å².